The van der Waals surface area contributed by atoms with Gasteiger partial charge in [0.25, 0.3) is 5.91 Å². The number of hydrogen-bond acceptors (Lipinski definition) is 6. The number of benzene rings is 2. The molecule has 0 unspecified atom stereocenters. The molecule has 2 heterocycles. The van der Waals surface area contributed by atoms with Crippen molar-refractivity contribution in [3.8, 4) is 11.5 Å². The van der Waals surface area contributed by atoms with Crippen molar-refractivity contribution in [3.05, 3.63) is 57.9 Å². The van der Waals surface area contributed by atoms with E-state index in [1.165, 1.54) is 19.2 Å². The predicted molar refractivity (Wildman–Crippen MR) is 123 cm³/mol. The fourth-order valence-corrected chi connectivity index (χ4v) is 4.57. The Hall–Kier alpha value is -2.97. The van der Waals surface area contributed by atoms with E-state index in [-0.39, 0.29) is 23.9 Å². The molecule has 0 saturated carbocycles. The van der Waals surface area contributed by atoms with Gasteiger partial charge in [-0.3, -0.25) is 9.59 Å². The quantitative estimate of drug-likeness (QED) is 0.575. The molecule has 2 aliphatic rings. The second-order valence-corrected chi connectivity index (χ2v) is 8.70. The highest BCUT2D eigenvalue weighted by Gasteiger charge is 2.30. The zero-order valence-corrected chi connectivity index (χ0v) is 19.5. The average Bonchev–Trinajstić information content (AvgIpc) is 3.31. The Balaban J connectivity index is 1.64. The summed E-state index contributed by atoms with van der Waals surface area (Å²) in [5, 5.41) is 13.1. The topological polar surface area (TPSA) is 94.1 Å². The van der Waals surface area contributed by atoms with E-state index in [4.69, 9.17) is 14.2 Å². The largest absolute Gasteiger partial charge is 0.495 e. The van der Waals surface area contributed by atoms with Crippen LogP contribution >= 0.6 is 0 Å². The van der Waals surface area contributed by atoms with Gasteiger partial charge in [-0.05, 0) is 42.2 Å². The first-order valence-electron chi connectivity index (χ1n) is 11.7. The molecule has 7 nitrogen and oxygen atoms in total. The Labute approximate surface area is 198 Å². The molecule has 8 heteroatoms. The Kier molecular flexibility index (Phi) is 7.48. The van der Waals surface area contributed by atoms with Crippen molar-refractivity contribution in [3.63, 3.8) is 0 Å². The van der Waals surface area contributed by atoms with E-state index in [0.717, 1.165) is 11.1 Å². The molecule has 1 amide bonds. The lowest BCUT2D eigenvalue weighted by atomic mass is 9.95. The summed E-state index contributed by atoms with van der Waals surface area (Å²) in [7, 11) is 1.51. The molecule has 2 atom stereocenters. The molecular weight excluding hydrogens is 441 g/mol. The summed E-state index contributed by atoms with van der Waals surface area (Å²) in [5.41, 5.74) is 2.64. The van der Waals surface area contributed by atoms with Crippen LogP contribution in [-0.4, -0.2) is 55.9 Å². The number of rotatable bonds is 8. The monoisotopic (exact) mass is 471 g/mol. The fraction of sp³-hybridized carbons (Fsp3) is 0.462. The number of aliphatic hydroxyl groups is 1. The van der Waals surface area contributed by atoms with Crippen molar-refractivity contribution in [1.82, 2.24) is 5.32 Å². The second kappa shape index (κ2) is 10.5. The maximum atomic E-state index is 14.7. The number of methoxy groups -OCH3 is 1. The molecule has 2 N–H and O–H groups in total. The number of ketones is 1. The summed E-state index contributed by atoms with van der Waals surface area (Å²) < 4.78 is 31.3. The van der Waals surface area contributed by atoms with E-state index in [2.05, 4.69) is 5.32 Å². The van der Waals surface area contributed by atoms with Crippen molar-refractivity contribution in [2.75, 3.05) is 26.9 Å². The number of nitrogens with one attached hydrogen (secondary N) is 1. The third kappa shape index (κ3) is 4.93. The van der Waals surface area contributed by atoms with Crippen LogP contribution in [0.2, 0.25) is 0 Å². The highest BCUT2D eigenvalue weighted by molar-refractivity contribution is 5.98. The van der Waals surface area contributed by atoms with Gasteiger partial charge in [0.05, 0.1) is 43.6 Å². The van der Waals surface area contributed by atoms with E-state index in [0.29, 0.717) is 67.9 Å². The molecule has 1 fully saturated rings. The number of carbonyl (C=O) groups excluding carboxylic acids is 2. The molecule has 0 aliphatic carbocycles. The van der Waals surface area contributed by atoms with Crippen LogP contribution in [0.4, 0.5) is 4.39 Å². The number of fused-ring (bicyclic) bond motifs is 1. The Morgan fingerprint density at radius 3 is 2.76 bits per heavy atom. The summed E-state index contributed by atoms with van der Waals surface area (Å²) in [6.07, 6.45) is 1.61. The predicted octanol–water partition coefficient (Wildman–Crippen LogP) is 3.22. The number of halogens is 1. The van der Waals surface area contributed by atoms with Crippen LogP contribution in [0.15, 0.2) is 24.3 Å². The highest BCUT2D eigenvalue weighted by atomic mass is 19.1. The normalized spacial score (nSPS) is 19.3. The molecule has 34 heavy (non-hydrogen) atoms. The van der Waals surface area contributed by atoms with Gasteiger partial charge in [-0.15, -0.1) is 0 Å². The van der Waals surface area contributed by atoms with Crippen LogP contribution in [0, 0.1) is 5.82 Å². The SMILES string of the molecule is CCCC(=O)c1ccc(Cc2cc(C(=O)N[C@H]3CCOC[C@@H]3O)c(OC)c3c2OCC3)cc1F. The van der Waals surface area contributed by atoms with E-state index < -0.39 is 18.0 Å². The Morgan fingerprint density at radius 1 is 1.24 bits per heavy atom. The number of aliphatic hydroxyl groups excluding tert-OH is 1. The van der Waals surface area contributed by atoms with Crippen LogP contribution in [-0.2, 0) is 17.6 Å². The second-order valence-electron chi connectivity index (χ2n) is 8.70. The standard InChI is InChI=1S/C26H30FNO6/c1-3-4-22(29)17-6-5-15(12-20(17)27)11-16-13-19(25(32-2)18-7-10-34-24(16)18)26(31)28-21-8-9-33-14-23(21)30/h5-6,12-13,21,23,30H,3-4,7-11,14H2,1-2H3,(H,28,31)/t21-,23-/m0/s1. The van der Waals surface area contributed by atoms with Crippen molar-refractivity contribution >= 4 is 11.7 Å². The molecule has 1 saturated heterocycles. The molecule has 2 aromatic rings. The van der Waals surface area contributed by atoms with E-state index >= 15 is 0 Å². The average molecular weight is 472 g/mol. The summed E-state index contributed by atoms with van der Waals surface area (Å²) in [5.74, 6) is -0.0264. The van der Waals surface area contributed by atoms with Crippen LogP contribution in [0.25, 0.3) is 0 Å². The lowest BCUT2D eigenvalue weighted by Gasteiger charge is -2.28. The van der Waals surface area contributed by atoms with Crippen molar-refractivity contribution in [1.29, 1.82) is 0 Å². The van der Waals surface area contributed by atoms with Gasteiger partial charge < -0.3 is 24.6 Å². The van der Waals surface area contributed by atoms with Gasteiger partial charge in [-0.2, -0.15) is 0 Å². The van der Waals surface area contributed by atoms with Gasteiger partial charge in [0.15, 0.2) is 5.78 Å². The van der Waals surface area contributed by atoms with Gasteiger partial charge in [0, 0.05) is 31.4 Å². The first-order valence-corrected chi connectivity index (χ1v) is 11.7. The Bertz CT molecular complexity index is 1090. The fourth-order valence-electron chi connectivity index (χ4n) is 4.57. The van der Waals surface area contributed by atoms with Gasteiger partial charge in [0.1, 0.15) is 17.3 Å². The van der Waals surface area contributed by atoms with Crippen molar-refractivity contribution < 1.29 is 33.3 Å². The van der Waals surface area contributed by atoms with E-state index in [1.807, 2.05) is 6.92 Å². The van der Waals surface area contributed by atoms with Crippen LogP contribution in [0.5, 0.6) is 11.5 Å². The Morgan fingerprint density at radius 2 is 2.06 bits per heavy atom. The first-order chi connectivity index (χ1) is 16.4. The molecule has 2 aromatic carbocycles. The minimum absolute atomic E-state index is 0.0943. The lowest BCUT2D eigenvalue weighted by molar-refractivity contribution is -0.0261. The van der Waals surface area contributed by atoms with Crippen LogP contribution in [0.1, 0.15) is 63.6 Å². The number of Topliss-reactive ketones (excluding diaryl/α,β-unsaturated/α-hetero) is 1. The summed E-state index contributed by atoms with van der Waals surface area (Å²) in [4.78, 5) is 25.3. The molecule has 0 bridgehead atoms. The number of amides is 1. The maximum Gasteiger partial charge on any atom is 0.255 e. The first kappa shape index (κ1) is 24.2. The van der Waals surface area contributed by atoms with Crippen LogP contribution in [0.3, 0.4) is 0 Å². The lowest BCUT2D eigenvalue weighted by Crippen LogP contribution is -2.48. The molecule has 2 aliphatic heterocycles. The summed E-state index contributed by atoms with van der Waals surface area (Å²) in [6.45, 7) is 2.98. The smallest absolute Gasteiger partial charge is 0.255 e. The van der Waals surface area contributed by atoms with Crippen molar-refractivity contribution in [2.45, 2.75) is 51.2 Å². The molecule has 182 valence electrons. The van der Waals surface area contributed by atoms with Gasteiger partial charge in [-0.1, -0.05) is 13.0 Å². The molecular formula is C26H30FNO6. The van der Waals surface area contributed by atoms with Gasteiger partial charge in [-0.25, -0.2) is 4.39 Å². The van der Waals surface area contributed by atoms with Crippen LogP contribution < -0.4 is 14.8 Å². The zero-order chi connectivity index (χ0) is 24.2. The number of ether oxygens (including phenoxy) is 3. The maximum absolute atomic E-state index is 14.7. The van der Waals surface area contributed by atoms with E-state index in [9.17, 15) is 19.1 Å². The third-order valence-corrected chi connectivity index (χ3v) is 6.30. The minimum Gasteiger partial charge on any atom is -0.495 e. The molecule has 0 aromatic heterocycles. The number of carbonyl (C=O) groups is 2. The van der Waals surface area contributed by atoms with Gasteiger partial charge >= 0.3 is 0 Å². The molecule has 0 spiro atoms. The third-order valence-electron chi connectivity index (χ3n) is 6.30. The summed E-state index contributed by atoms with van der Waals surface area (Å²) >= 11 is 0. The molecule has 4 rings (SSSR count). The minimum atomic E-state index is -0.780. The highest BCUT2D eigenvalue weighted by Crippen LogP contribution is 2.40. The van der Waals surface area contributed by atoms with Crippen molar-refractivity contribution in [2.24, 2.45) is 0 Å². The van der Waals surface area contributed by atoms with E-state index in [1.54, 1.807) is 12.1 Å². The van der Waals surface area contributed by atoms with Gasteiger partial charge in [0.2, 0.25) is 0 Å². The number of hydrogen-bond donors (Lipinski definition) is 2. The zero-order valence-electron chi connectivity index (χ0n) is 19.5. The molecule has 0 radical (unpaired) electrons. The summed E-state index contributed by atoms with van der Waals surface area (Å²) in [6, 6.07) is 5.91.